The van der Waals surface area contributed by atoms with Crippen molar-refractivity contribution in [2.45, 2.75) is 10.6 Å². The Kier molecular flexibility index (Phi) is 3.92. The third-order valence-electron chi connectivity index (χ3n) is 4.94. The van der Waals surface area contributed by atoms with Gasteiger partial charge in [-0.05, 0) is 35.9 Å². The van der Waals surface area contributed by atoms with Gasteiger partial charge in [0.05, 0.1) is 27.2 Å². The number of nitrogens with zero attached hydrogens (tertiary/aromatic N) is 1. The van der Waals surface area contributed by atoms with E-state index < -0.39 is 9.84 Å². The first-order chi connectivity index (χ1) is 14.0. The summed E-state index contributed by atoms with van der Waals surface area (Å²) in [6.07, 6.45) is 0. The second-order valence-electron chi connectivity index (χ2n) is 6.90. The van der Waals surface area contributed by atoms with Gasteiger partial charge in [-0.2, -0.15) is 0 Å². The van der Waals surface area contributed by atoms with Crippen LogP contribution in [0, 0.1) is 0 Å². The molecule has 2 aromatic heterocycles. The molecule has 5 rings (SSSR count). The van der Waals surface area contributed by atoms with Gasteiger partial charge < -0.3 is 15.1 Å². The van der Waals surface area contributed by atoms with Crippen LogP contribution in [0.1, 0.15) is 5.56 Å². The van der Waals surface area contributed by atoms with Crippen molar-refractivity contribution in [1.82, 2.24) is 15.0 Å². The van der Waals surface area contributed by atoms with E-state index in [1.807, 2.05) is 42.5 Å². The number of rotatable bonds is 4. The summed E-state index contributed by atoms with van der Waals surface area (Å²) in [6.45, 7) is 0. The zero-order valence-electron chi connectivity index (χ0n) is 15.3. The first-order valence-corrected chi connectivity index (χ1v) is 10.7. The van der Waals surface area contributed by atoms with Gasteiger partial charge >= 0.3 is 0 Å². The minimum Gasteiger partial charge on any atom is -0.494 e. The minimum absolute atomic E-state index is 0.0586. The Balaban J connectivity index is 1.64. The number of aromatic hydroxyl groups is 1. The zero-order chi connectivity index (χ0) is 20.0. The van der Waals surface area contributed by atoms with E-state index in [-0.39, 0.29) is 16.5 Å². The summed E-state index contributed by atoms with van der Waals surface area (Å²) in [5.74, 6) is 0.333. The van der Waals surface area contributed by atoms with Crippen LogP contribution >= 0.6 is 0 Å². The van der Waals surface area contributed by atoms with E-state index >= 15 is 0 Å². The van der Waals surface area contributed by atoms with Crippen molar-refractivity contribution in [3.63, 3.8) is 0 Å². The van der Waals surface area contributed by atoms with Gasteiger partial charge in [0.15, 0.2) is 9.84 Å². The van der Waals surface area contributed by atoms with Gasteiger partial charge in [0.25, 0.3) is 0 Å². The lowest BCUT2D eigenvalue weighted by molar-refractivity contribution is 0.460. The molecule has 3 aromatic carbocycles. The van der Waals surface area contributed by atoms with Crippen LogP contribution in [0.2, 0.25) is 0 Å². The standard InChI is InChI=1S/C22H17N3O3S/c26-22-20(21-23-18-8-4-5-9-19(18)24-21)16-12-15(10-11-17(16)25-22)29(27,28)13-14-6-2-1-3-7-14/h1-12,25-26H,13H2,(H,23,24). The Labute approximate surface area is 166 Å². The highest BCUT2D eigenvalue weighted by atomic mass is 32.2. The average Bonchev–Trinajstić information content (AvgIpc) is 3.27. The molecule has 0 aliphatic carbocycles. The number of imidazole rings is 1. The molecule has 0 fully saturated rings. The number of hydrogen-bond acceptors (Lipinski definition) is 4. The Morgan fingerprint density at radius 1 is 0.862 bits per heavy atom. The molecule has 0 bridgehead atoms. The van der Waals surface area contributed by atoms with Gasteiger partial charge in [0.2, 0.25) is 5.88 Å². The monoisotopic (exact) mass is 403 g/mol. The van der Waals surface area contributed by atoms with E-state index in [4.69, 9.17) is 0 Å². The molecule has 0 amide bonds. The Morgan fingerprint density at radius 3 is 2.41 bits per heavy atom. The summed E-state index contributed by atoms with van der Waals surface area (Å²) in [6, 6.07) is 21.4. The smallest absolute Gasteiger partial charge is 0.200 e. The predicted molar refractivity (Wildman–Crippen MR) is 112 cm³/mol. The third-order valence-corrected chi connectivity index (χ3v) is 6.62. The summed E-state index contributed by atoms with van der Waals surface area (Å²) in [5, 5.41) is 11.1. The van der Waals surface area contributed by atoms with Crippen LogP contribution in [0.3, 0.4) is 0 Å². The number of nitrogens with one attached hydrogen (secondary N) is 2. The van der Waals surface area contributed by atoms with Gasteiger partial charge in [-0.25, -0.2) is 13.4 Å². The molecule has 0 spiro atoms. The van der Waals surface area contributed by atoms with Crippen LogP contribution in [0.5, 0.6) is 5.88 Å². The maximum atomic E-state index is 12.9. The van der Waals surface area contributed by atoms with Crippen molar-refractivity contribution in [3.8, 4) is 17.3 Å². The van der Waals surface area contributed by atoms with Crippen LogP contribution in [-0.4, -0.2) is 28.5 Å². The number of hydrogen-bond donors (Lipinski definition) is 3. The minimum atomic E-state index is -3.55. The Morgan fingerprint density at radius 2 is 1.62 bits per heavy atom. The van der Waals surface area contributed by atoms with Crippen molar-refractivity contribution >= 4 is 31.8 Å². The van der Waals surface area contributed by atoms with Crippen LogP contribution in [0.25, 0.3) is 33.3 Å². The lowest BCUT2D eigenvalue weighted by atomic mass is 10.1. The van der Waals surface area contributed by atoms with Crippen molar-refractivity contribution in [1.29, 1.82) is 0 Å². The molecule has 0 unspecified atom stereocenters. The molecule has 0 saturated carbocycles. The first-order valence-electron chi connectivity index (χ1n) is 9.08. The van der Waals surface area contributed by atoms with E-state index in [9.17, 15) is 13.5 Å². The van der Waals surface area contributed by atoms with Crippen LogP contribution in [-0.2, 0) is 15.6 Å². The molecule has 2 heterocycles. The van der Waals surface area contributed by atoms with Crippen LogP contribution < -0.4 is 0 Å². The number of aromatic amines is 2. The second-order valence-corrected chi connectivity index (χ2v) is 8.89. The SMILES string of the molecule is O=S(=O)(Cc1ccccc1)c1ccc2[nH]c(O)c(-c3nc4ccccc4[nH]3)c2c1. The molecule has 7 heteroatoms. The molecular formula is C22H17N3O3S. The van der Waals surface area contributed by atoms with E-state index in [0.29, 0.717) is 22.3 Å². The van der Waals surface area contributed by atoms with E-state index in [1.165, 1.54) is 0 Å². The number of H-pyrrole nitrogens is 2. The second kappa shape index (κ2) is 6.49. The van der Waals surface area contributed by atoms with Gasteiger partial charge in [0, 0.05) is 10.9 Å². The van der Waals surface area contributed by atoms with Gasteiger partial charge in [-0.15, -0.1) is 0 Å². The Bertz CT molecular complexity index is 1420. The molecule has 144 valence electrons. The topological polar surface area (TPSA) is 98.8 Å². The van der Waals surface area contributed by atoms with Crippen LogP contribution in [0.15, 0.2) is 77.7 Å². The van der Waals surface area contributed by atoms with Gasteiger partial charge in [-0.1, -0.05) is 42.5 Å². The number of sulfone groups is 1. The summed E-state index contributed by atoms with van der Waals surface area (Å²) >= 11 is 0. The fourth-order valence-electron chi connectivity index (χ4n) is 3.54. The fourth-order valence-corrected chi connectivity index (χ4v) is 4.91. The van der Waals surface area contributed by atoms with Crippen molar-refractivity contribution in [3.05, 3.63) is 78.4 Å². The normalized spacial score (nSPS) is 12.0. The number of fused-ring (bicyclic) bond motifs is 2. The zero-order valence-corrected chi connectivity index (χ0v) is 16.1. The van der Waals surface area contributed by atoms with E-state index in [2.05, 4.69) is 15.0 Å². The molecule has 0 atom stereocenters. The van der Waals surface area contributed by atoms with E-state index in [0.717, 1.165) is 16.6 Å². The highest BCUT2D eigenvalue weighted by Crippen LogP contribution is 2.37. The third kappa shape index (κ3) is 3.05. The number of para-hydroxylation sites is 2. The van der Waals surface area contributed by atoms with Crippen LogP contribution in [0.4, 0.5) is 0 Å². The van der Waals surface area contributed by atoms with Crippen molar-refractivity contribution in [2.75, 3.05) is 0 Å². The summed E-state index contributed by atoms with van der Waals surface area (Å²) < 4.78 is 25.9. The lowest BCUT2D eigenvalue weighted by Crippen LogP contribution is -2.04. The Hall–Kier alpha value is -3.58. The van der Waals surface area contributed by atoms with E-state index in [1.54, 1.807) is 30.3 Å². The maximum Gasteiger partial charge on any atom is 0.200 e. The van der Waals surface area contributed by atoms with Gasteiger partial charge in [0.1, 0.15) is 5.82 Å². The van der Waals surface area contributed by atoms with Crippen molar-refractivity contribution < 1.29 is 13.5 Å². The molecular weight excluding hydrogens is 386 g/mol. The van der Waals surface area contributed by atoms with Crippen molar-refractivity contribution in [2.24, 2.45) is 0 Å². The number of benzene rings is 3. The fraction of sp³-hybridized carbons (Fsp3) is 0.0455. The quantitative estimate of drug-likeness (QED) is 0.414. The molecule has 3 N–H and O–H groups in total. The summed E-state index contributed by atoms with van der Waals surface area (Å²) in [4.78, 5) is 10.8. The molecule has 0 radical (unpaired) electrons. The maximum absolute atomic E-state index is 12.9. The lowest BCUT2D eigenvalue weighted by Gasteiger charge is -2.05. The largest absolute Gasteiger partial charge is 0.494 e. The molecule has 5 aromatic rings. The highest BCUT2D eigenvalue weighted by molar-refractivity contribution is 7.90. The first kappa shape index (κ1) is 17.5. The summed E-state index contributed by atoms with van der Waals surface area (Å²) in [7, 11) is -3.55. The highest BCUT2D eigenvalue weighted by Gasteiger charge is 2.21. The molecule has 29 heavy (non-hydrogen) atoms. The average molecular weight is 403 g/mol. The molecule has 0 saturated heterocycles. The number of aromatic nitrogens is 3. The molecule has 0 aliphatic rings. The van der Waals surface area contributed by atoms with Gasteiger partial charge in [-0.3, -0.25) is 0 Å². The molecule has 0 aliphatic heterocycles. The predicted octanol–water partition coefficient (Wildman–Crippen LogP) is 4.39. The molecule has 6 nitrogen and oxygen atoms in total. The summed E-state index contributed by atoms with van der Waals surface area (Å²) in [5.41, 5.74) is 3.42.